The molecular formula is C20H19ClN4O2S3. The van der Waals surface area contributed by atoms with Gasteiger partial charge in [-0.05, 0) is 17.2 Å². The molecule has 0 fully saturated rings. The number of thioether (sulfide) groups is 2. The molecule has 0 atom stereocenters. The number of aromatic nitrogens is 2. The van der Waals surface area contributed by atoms with Gasteiger partial charge in [0.25, 0.3) is 0 Å². The van der Waals surface area contributed by atoms with Gasteiger partial charge < -0.3 is 5.32 Å². The van der Waals surface area contributed by atoms with Gasteiger partial charge >= 0.3 is 0 Å². The van der Waals surface area contributed by atoms with Crippen LogP contribution in [0, 0.1) is 0 Å². The van der Waals surface area contributed by atoms with Crippen LogP contribution in [-0.2, 0) is 21.9 Å². The van der Waals surface area contributed by atoms with Crippen LogP contribution in [-0.4, -0.2) is 33.5 Å². The molecule has 30 heavy (non-hydrogen) atoms. The van der Waals surface area contributed by atoms with Crippen molar-refractivity contribution in [1.82, 2.24) is 15.5 Å². The fourth-order valence-corrected chi connectivity index (χ4v) is 4.91. The van der Waals surface area contributed by atoms with Crippen LogP contribution in [0.25, 0.3) is 0 Å². The molecule has 3 aromatic rings. The Morgan fingerprint density at radius 1 is 0.967 bits per heavy atom. The first-order valence-corrected chi connectivity index (χ1v) is 12.3. The Kier molecular flexibility index (Phi) is 9.00. The van der Waals surface area contributed by atoms with Crippen LogP contribution in [0.3, 0.4) is 0 Å². The zero-order valence-corrected chi connectivity index (χ0v) is 19.0. The minimum Gasteiger partial charge on any atom is -0.351 e. The summed E-state index contributed by atoms with van der Waals surface area (Å²) in [5, 5.41) is 14.6. The molecule has 1 aromatic heterocycles. The molecule has 156 valence electrons. The second-order valence-corrected chi connectivity index (χ2v) is 9.65. The number of rotatable bonds is 10. The quantitative estimate of drug-likeness (QED) is 0.330. The van der Waals surface area contributed by atoms with Crippen molar-refractivity contribution in [1.29, 1.82) is 0 Å². The number of nitrogens with one attached hydrogen (secondary N) is 2. The number of anilines is 1. The van der Waals surface area contributed by atoms with Gasteiger partial charge in [0, 0.05) is 17.3 Å². The molecule has 3 rings (SSSR count). The second-order valence-electron chi connectivity index (χ2n) is 6.06. The van der Waals surface area contributed by atoms with Gasteiger partial charge in [-0.2, -0.15) is 0 Å². The van der Waals surface area contributed by atoms with Crippen LogP contribution in [0.1, 0.15) is 11.1 Å². The lowest BCUT2D eigenvalue weighted by molar-refractivity contribution is -0.118. The number of nitrogens with zero attached hydrogens (tertiary/aromatic N) is 2. The molecule has 0 spiro atoms. The first-order valence-electron chi connectivity index (χ1n) is 8.98. The van der Waals surface area contributed by atoms with Crippen LogP contribution < -0.4 is 10.6 Å². The lowest BCUT2D eigenvalue weighted by Crippen LogP contribution is -2.24. The Hall–Kier alpha value is -2.07. The minimum atomic E-state index is -0.127. The number of amides is 2. The van der Waals surface area contributed by atoms with Crippen LogP contribution in [0.15, 0.2) is 58.9 Å². The maximum Gasteiger partial charge on any atom is 0.236 e. The first kappa shape index (κ1) is 22.6. The standard InChI is InChI=1S/C20H19ClN4O2S3/c21-16-9-5-4-8-15(16)10-22-17(26)13-29-20-25-24-19(30-20)23-18(27)12-28-11-14-6-2-1-3-7-14/h1-9H,10-13H2,(H,22,26)(H,23,24,27). The van der Waals surface area contributed by atoms with Gasteiger partial charge in [0.15, 0.2) is 4.34 Å². The van der Waals surface area contributed by atoms with Crippen molar-refractivity contribution in [2.24, 2.45) is 0 Å². The molecular weight excluding hydrogens is 460 g/mol. The van der Waals surface area contributed by atoms with Crippen molar-refractivity contribution in [2.45, 2.75) is 16.6 Å². The van der Waals surface area contributed by atoms with E-state index in [2.05, 4.69) is 20.8 Å². The summed E-state index contributed by atoms with van der Waals surface area (Å²) >= 11 is 10.1. The summed E-state index contributed by atoms with van der Waals surface area (Å²) in [7, 11) is 0. The number of benzene rings is 2. The van der Waals surface area contributed by atoms with E-state index in [-0.39, 0.29) is 17.6 Å². The average Bonchev–Trinajstić information content (AvgIpc) is 3.19. The van der Waals surface area contributed by atoms with Crippen LogP contribution in [0.4, 0.5) is 5.13 Å². The Bertz CT molecular complexity index is 985. The molecule has 2 amide bonds. The van der Waals surface area contributed by atoms with E-state index in [1.54, 1.807) is 6.07 Å². The second kappa shape index (κ2) is 11.9. The highest BCUT2D eigenvalue weighted by molar-refractivity contribution is 8.01. The van der Waals surface area contributed by atoms with Gasteiger partial charge in [0.05, 0.1) is 11.5 Å². The number of hydrogen-bond donors (Lipinski definition) is 2. The fraction of sp³-hybridized carbons (Fsp3) is 0.200. The maximum atomic E-state index is 12.1. The number of hydrogen-bond acceptors (Lipinski definition) is 7. The Morgan fingerprint density at radius 3 is 2.53 bits per heavy atom. The SMILES string of the molecule is O=C(CSc1nnc(NC(=O)CSCc2ccccc2)s1)NCc1ccccc1Cl. The minimum absolute atomic E-state index is 0.124. The molecule has 0 aliphatic rings. The van der Waals surface area contributed by atoms with E-state index in [0.29, 0.717) is 26.8 Å². The average molecular weight is 479 g/mol. The normalized spacial score (nSPS) is 10.6. The summed E-state index contributed by atoms with van der Waals surface area (Å²) in [6.07, 6.45) is 0. The van der Waals surface area contributed by atoms with Crippen molar-refractivity contribution >= 4 is 63.4 Å². The Balaban J connectivity index is 1.35. The third kappa shape index (κ3) is 7.64. The molecule has 1 heterocycles. The van der Waals surface area contributed by atoms with Gasteiger partial charge in [0.2, 0.25) is 16.9 Å². The molecule has 2 N–H and O–H groups in total. The summed E-state index contributed by atoms with van der Waals surface area (Å²) in [5.41, 5.74) is 2.04. The van der Waals surface area contributed by atoms with E-state index in [0.717, 1.165) is 11.3 Å². The third-order valence-corrected chi connectivity index (χ3v) is 7.10. The van der Waals surface area contributed by atoms with E-state index in [4.69, 9.17) is 11.6 Å². The van der Waals surface area contributed by atoms with Crippen LogP contribution in [0.2, 0.25) is 5.02 Å². The molecule has 6 nitrogen and oxygen atoms in total. The van der Waals surface area contributed by atoms with Gasteiger partial charge in [-0.25, -0.2) is 0 Å². The van der Waals surface area contributed by atoms with E-state index in [1.165, 1.54) is 40.4 Å². The highest BCUT2D eigenvalue weighted by Gasteiger charge is 2.11. The zero-order chi connectivity index (χ0) is 21.2. The molecule has 0 saturated carbocycles. The topological polar surface area (TPSA) is 84.0 Å². The highest BCUT2D eigenvalue weighted by atomic mass is 35.5. The van der Waals surface area contributed by atoms with Gasteiger partial charge in [-0.15, -0.1) is 22.0 Å². The molecule has 10 heteroatoms. The van der Waals surface area contributed by atoms with Crippen molar-refractivity contribution in [3.05, 3.63) is 70.7 Å². The molecule has 0 saturated heterocycles. The summed E-state index contributed by atoms with van der Waals surface area (Å²) in [6.45, 7) is 0.372. The van der Waals surface area contributed by atoms with Gasteiger partial charge in [-0.3, -0.25) is 14.9 Å². The van der Waals surface area contributed by atoms with E-state index >= 15 is 0 Å². The number of halogens is 1. The summed E-state index contributed by atoms with van der Waals surface area (Å²) in [4.78, 5) is 24.1. The molecule has 2 aromatic carbocycles. The van der Waals surface area contributed by atoms with Crippen LogP contribution >= 0.6 is 46.5 Å². The zero-order valence-electron chi connectivity index (χ0n) is 15.8. The van der Waals surface area contributed by atoms with E-state index in [9.17, 15) is 9.59 Å². The van der Waals surface area contributed by atoms with E-state index in [1.807, 2.05) is 48.5 Å². The predicted octanol–water partition coefficient (Wildman–Crippen LogP) is 4.47. The summed E-state index contributed by atoms with van der Waals surface area (Å²) in [5.74, 6) is 1.06. The lowest BCUT2D eigenvalue weighted by atomic mass is 10.2. The lowest BCUT2D eigenvalue weighted by Gasteiger charge is -2.05. The summed E-state index contributed by atoms with van der Waals surface area (Å²) in [6, 6.07) is 17.4. The third-order valence-electron chi connectivity index (χ3n) is 3.76. The van der Waals surface area contributed by atoms with Crippen molar-refractivity contribution in [3.8, 4) is 0 Å². The smallest absolute Gasteiger partial charge is 0.236 e. The molecule has 0 aliphatic heterocycles. The number of carbonyl (C=O) groups excluding carboxylic acids is 2. The molecule has 0 aliphatic carbocycles. The van der Waals surface area contributed by atoms with Gasteiger partial charge in [0.1, 0.15) is 0 Å². The molecule has 0 bridgehead atoms. The predicted molar refractivity (Wildman–Crippen MR) is 125 cm³/mol. The van der Waals surface area contributed by atoms with Crippen molar-refractivity contribution in [3.63, 3.8) is 0 Å². The molecule has 0 unspecified atom stereocenters. The first-order chi connectivity index (χ1) is 14.6. The van der Waals surface area contributed by atoms with E-state index < -0.39 is 0 Å². The Labute approximate surface area is 192 Å². The van der Waals surface area contributed by atoms with Crippen LogP contribution in [0.5, 0.6) is 0 Å². The monoisotopic (exact) mass is 478 g/mol. The largest absolute Gasteiger partial charge is 0.351 e. The fourth-order valence-electron chi connectivity index (χ4n) is 2.32. The summed E-state index contributed by atoms with van der Waals surface area (Å²) < 4.78 is 0.620. The van der Waals surface area contributed by atoms with Crippen molar-refractivity contribution < 1.29 is 9.59 Å². The number of carbonyl (C=O) groups is 2. The highest BCUT2D eigenvalue weighted by Crippen LogP contribution is 2.25. The van der Waals surface area contributed by atoms with Crippen molar-refractivity contribution in [2.75, 3.05) is 16.8 Å². The van der Waals surface area contributed by atoms with Gasteiger partial charge in [-0.1, -0.05) is 83.2 Å². The Morgan fingerprint density at radius 2 is 1.73 bits per heavy atom. The maximum absolute atomic E-state index is 12.1. The molecule has 0 radical (unpaired) electrons.